The second-order valence-corrected chi connectivity index (χ2v) is 5.10. The third-order valence-electron chi connectivity index (χ3n) is 2.77. The zero-order valence-electron chi connectivity index (χ0n) is 13.0. The maximum absolute atomic E-state index is 11.4. The highest BCUT2D eigenvalue weighted by atomic mass is 16.5. The van der Waals surface area contributed by atoms with Crippen LogP contribution in [0.3, 0.4) is 0 Å². The molecular weight excluding hydrogens is 286 g/mol. The lowest BCUT2D eigenvalue weighted by Gasteiger charge is -2.14. The first-order chi connectivity index (χ1) is 10.4. The van der Waals surface area contributed by atoms with Gasteiger partial charge in [0.25, 0.3) is 0 Å². The van der Waals surface area contributed by atoms with Crippen molar-refractivity contribution >= 4 is 17.7 Å². The molecule has 0 radical (unpaired) electrons. The fraction of sp³-hybridized carbons (Fsp3) is 0.438. The summed E-state index contributed by atoms with van der Waals surface area (Å²) in [7, 11) is 1.47. The summed E-state index contributed by atoms with van der Waals surface area (Å²) in [4.78, 5) is 33.6. The molecule has 0 aromatic heterocycles. The van der Waals surface area contributed by atoms with Gasteiger partial charge in [-0.1, -0.05) is 12.1 Å². The average molecular weight is 307 g/mol. The number of rotatable bonds is 8. The van der Waals surface area contributed by atoms with Gasteiger partial charge >= 0.3 is 5.97 Å². The summed E-state index contributed by atoms with van der Waals surface area (Å²) in [6.07, 6.45) is 0.418. The summed E-state index contributed by atoms with van der Waals surface area (Å²) in [5.41, 5.74) is 0.997. The SMILES string of the molecule is COCC(=O)NC(C)Cc1ccc(OC(=O)CC(C)=O)cc1. The van der Waals surface area contributed by atoms with Gasteiger partial charge < -0.3 is 14.8 Å². The lowest BCUT2D eigenvalue weighted by molar-refractivity contribution is -0.137. The number of carbonyl (C=O) groups is 3. The Kier molecular flexibility index (Phi) is 7.25. The van der Waals surface area contributed by atoms with Crippen LogP contribution >= 0.6 is 0 Å². The summed E-state index contributed by atoms with van der Waals surface area (Å²) < 4.78 is 9.79. The van der Waals surface area contributed by atoms with E-state index in [-0.39, 0.29) is 30.8 Å². The molecule has 0 saturated carbocycles. The van der Waals surface area contributed by atoms with Crippen molar-refractivity contribution in [2.75, 3.05) is 13.7 Å². The molecule has 120 valence electrons. The highest BCUT2D eigenvalue weighted by molar-refractivity contribution is 5.94. The van der Waals surface area contributed by atoms with Crippen molar-refractivity contribution in [3.63, 3.8) is 0 Å². The molecule has 0 aliphatic carbocycles. The van der Waals surface area contributed by atoms with Crippen molar-refractivity contribution in [2.24, 2.45) is 0 Å². The molecule has 0 bridgehead atoms. The summed E-state index contributed by atoms with van der Waals surface area (Å²) in [6.45, 7) is 3.27. The van der Waals surface area contributed by atoms with Gasteiger partial charge in [-0.05, 0) is 38.0 Å². The molecule has 1 N–H and O–H groups in total. The second-order valence-electron chi connectivity index (χ2n) is 5.10. The summed E-state index contributed by atoms with van der Waals surface area (Å²) >= 11 is 0. The Morgan fingerprint density at radius 3 is 2.36 bits per heavy atom. The van der Waals surface area contributed by atoms with Crippen molar-refractivity contribution in [3.8, 4) is 5.75 Å². The van der Waals surface area contributed by atoms with E-state index in [4.69, 9.17) is 9.47 Å². The van der Waals surface area contributed by atoms with Crippen molar-refractivity contribution < 1.29 is 23.9 Å². The largest absolute Gasteiger partial charge is 0.426 e. The monoisotopic (exact) mass is 307 g/mol. The van der Waals surface area contributed by atoms with Crippen LogP contribution in [0.4, 0.5) is 0 Å². The third kappa shape index (κ3) is 6.99. The highest BCUT2D eigenvalue weighted by Gasteiger charge is 2.10. The lowest BCUT2D eigenvalue weighted by Crippen LogP contribution is -2.36. The average Bonchev–Trinajstić information content (AvgIpc) is 2.40. The van der Waals surface area contributed by atoms with E-state index in [2.05, 4.69) is 5.32 Å². The minimum Gasteiger partial charge on any atom is -0.426 e. The van der Waals surface area contributed by atoms with Gasteiger partial charge in [0.2, 0.25) is 5.91 Å². The number of ether oxygens (including phenoxy) is 2. The van der Waals surface area contributed by atoms with Gasteiger partial charge in [0.05, 0.1) is 0 Å². The smallest absolute Gasteiger partial charge is 0.318 e. The van der Waals surface area contributed by atoms with Gasteiger partial charge in [-0.25, -0.2) is 0 Å². The van der Waals surface area contributed by atoms with E-state index in [1.165, 1.54) is 14.0 Å². The van der Waals surface area contributed by atoms with E-state index in [1.54, 1.807) is 12.1 Å². The van der Waals surface area contributed by atoms with Crippen LogP contribution in [0, 0.1) is 0 Å². The van der Waals surface area contributed by atoms with Crippen LogP contribution in [0.25, 0.3) is 0 Å². The number of esters is 1. The minimum atomic E-state index is -0.569. The van der Waals surface area contributed by atoms with Crippen LogP contribution in [-0.4, -0.2) is 37.4 Å². The summed E-state index contributed by atoms with van der Waals surface area (Å²) in [5.74, 6) is -0.571. The topological polar surface area (TPSA) is 81.7 Å². The van der Waals surface area contributed by atoms with E-state index in [9.17, 15) is 14.4 Å². The van der Waals surface area contributed by atoms with Gasteiger partial charge in [-0.15, -0.1) is 0 Å². The number of amides is 1. The van der Waals surface area contributed by atoms with Gasteiger partial charge in [0, 0.05) is 13.2 Å². The molecule has 0 saturated heterocycles. The summed E-state index contributed by atoms with van der Waals surface area (Å²) in [5, 5.41) is 2.81. The summed E-state index contributed by atoms with van der Waals surface area (Å²) in [6, 6.07) is 6.92. The van der Waals surface area contributed by atoms with E-state index < -0.39 is 5.97 Å². The Balaban J connectivity index is 2.49. The Bertz CT molecular complexity index is 524. The highest BCUT2D eigenvalue weighted by Crippen LogP contribution is 2.14. The van der Waals surface area contributed by atoms with Crippen LogP contribution < -0.4 is 10.1 Å². The van der Waals surface area contributed by atoms with Crippen molar-refractivity contribution in [3.05, 3.63) is 29.8 Å². The molecule has 0 spiro atoms. The predicted octanol–water partition coefficient (Wildman–Crippen LogP) is 1.26. The van der Waals surface area contributed by atoms with Crippen LogP contribution in [0.2, 0.25) is 0 Å². The molecule has 6 nitrogen and oxygen atoms in total. The van der Waals surface area contributed by atoms with E-state index in [0.717, 1.165) is 5.56 Å². The zero-order chi connectivity index (χ0) is 16.5. The molecular formula is C16H21NO5. The zero-order valence-corrected chi connectivity index (χ0v) is 13.0. The number of nitrogens with one attached hydrogen (secondary N) is 1. The minimum absolute atomic E-state index is 0.0336. The van der Waals surface area contributed by atoms with Crippen LogP contribution in [-0.2, 0) is 25.5 Å². The van der Waals surface area contributed by atoms with E-state index >= 15 is 0 Å². The quantitative estimate of drug-likeness (QED) is 0.444. The Hall–Kier alpha value is -2.21. The maximum atomic E-state index is 11.4. The molecule has 1 atom stereocenters. The van der Waals surface area contributed by atoms with Gasteiger partial charge in [-0.3, -0.25) is 14.4 Å². The second kappa shape index (κ2) is 8.94. The van der Waals surface area contributed by atoms with Gasteiger partial charge in [0.15, 0.2) is 0 Å². The predicted molar refractivity (Wildman–Crippen MR) is 80.6 cm³/mol. The number of ketones is 1. The van der Waals surface area contributed by atoms with E-state index in [1.807, 2.05) is 19.1 Å². The first-order valence-corrected chi connectivity index (χ1v) is 6.98. The Morgan fingerprint density at radius 1 is 1.18 bits per heavy atom. The molecule has 0 aliphatic rings. The Labute approximate surface area is 129 Å². The number of benzene rings is 1. The molecule has 1 rings (SSSR count). The molecule has 1 unspecified atom stereocenters. The van der Waals surface area contributed by atoms with Gasteiger partial charge in [0.1, 0.15) is 24.6 Å². The number of methoxy groups -OCH3 is 1. The number of hydrogen-bond donors (Lipinski definition) is 1. The third-order valence-corrected chi connectivity index (χ3v) is 2.77. The Morgan fingerprint density at radius 2 is 1.82 bits per heavy atom. The van der Waals surface area contributed by atoms with Crippen molar-refractivity contribution in [1.82, 2.24) is 5.32 Å². The number of Topliss-reactive ketones (excluding diaryl/α,β-unsaturated/α-hetero) is 1. The molecule has 0 fully saturated rings. The number of carbonyl (C=O) groups excluding carboxylic acids is 3. The van der Waals surface area contributed by atoms with Gasteiger partial charge in [-0.2, -0.15) is 0 Å². The fourth-order valence-electron chi connectivity index (χ4n) is 1.92. The molecule has 1 aromatic carbocycles. The fourth-order valence-corrected chi connectivity index (χ4v) is 1.92. The van der Waals surface area contributed by atoms with Crippen LogP contribution in [0.15, 0.2) is 24.3 Å². The molecule has 1 aromatic rings. The maximum Gasteiger partial charge on any atom is 0.318 e. The normalized spacial score (nSPS) is 11.6. The molecule has 6 heteroatoms. The number of hydrogen-bond acceptors (Lipinski definition) is 5. The van der Waals surface area contributed by atoms with E-state index in [0.29, 0.717) is 12.2 Å². The molecule has 0 heterocycles. The standard InChI is InChI=1S/C16H21NO5/c1-11(17-15(19)10-21-3)8-13-4-6-14(7-5-13)22-16(20)9-12(2)18/h4-7,11H,8-10H2,1-3H3,(H,17,19). The lowest BCUT2D eigenvalue weighted by atomic mass is 10.1. The molecule has 22 heavy (non-hydrogen) atoms. The van der Waals surface area contributed by atoms with Crippen LogP contribution in [0.5, 0.6) is 5.75 Å². The molecule has 1 amide bonds. The van der Waals surface area contributed by atoms with Crippen molar-refractivity contribution in [1.29, 1.82) is 0 Å². The first-order valence-electron chi connectivity index (χ1n) is 6.98. The van der Waals surface area contributed by atoms with Crippen molar-refractivity contribution in [2.45, 2.75) is 32.7 Å². The van der Waals surface area contributed by atoms with Crippen LogP contribution in [0.1, 0.15) is 25.8 Å². The molecule has 0 aliphatic heterocycles. The first kappa shape index (κ1) is 17.8.